The molecule has 2 aliphatic heterocycles. The van der Waals surface area contributed by atoms with Crippen LogP contribution < -0.4 is 10.6 Å². The molecule has 294 valence electrons. The number of benzene rings is 3. The van der Waals surface area contributed by atoms with E-state index < -0.39 is 24.3 Å². The van der Waals surface area contributed by atoms with E-state index in [2.05, 4.69) is 63.1 Å². The maximum Gasteiger partial charge on any atom is 0.407 e. The maximum absolute atomic E-state index is 13.7. The Morgan fingerprint density at radius 1 is 0.750 bits per heavy atom. The second kappa shape index (κ2) is 16.0. The zero-order valence-corrected chi connectivity index (χ0v) is 32.7. The number of likely N-dealkylation sites (tertiary alicyclic amines) is 2. The number of carbonyl (C=O) groups is 4. The van der Waals surface area contributed by atoms with Gasteiger partial charge in [-0.2, -0.15) is 0 Å². The Labute approximate surface area is 325 Å². The number of amides is 4. The van der Waals surface area contributed by atoms with Gasteiger partial charge in [0.2, 0.25) is 11.8 Å². The molecule has 4 N–H and O–H groups in total. The summed E-state index contributed by atoms with van der Waals surface area (Å²) >= 11 is 0. The van der Waals surface area contributed by atoms with E-state index in [1.165, 1.54) is 14.2 Å². The summed E-state index contributed by atoms with van der Waals surface area (Å²) in [6, 6.07) is 16.9. The number of rotatable bonds is 10. The fraction of sp³-hybridized carbons (Fsp3) is 0.429. The molecule has 14 heteroatoms. The number of ether oxygens (including phenoxy) is 2. The number of alkyl carbamates (subject to hydrolysis) is 2. The normalized spacial score (nSPS) is 18.1. The summed E-state index contributed by atoms with van der Waals surface area (Å²) in [5.74, 6) is 0.932. The monoisotopic (exact) mass is 762 g/mol. The molecule has 5 aromatic rings. The highest BCUT2D eigenvalue weighted by Crippen LogP contribution is 2.37. The van der Waals surface area contributed by atoms with E-state index in [1.807, 2.05) is 55.8 Å². The fourth-order valence-corrected chi connectivity index (χ4v) is 8.09. The van der Waals surface area contributed by atoms with E-state index in [-0.39, 0.29) is 35.7 Å². The summed E-state index contributed by atoms with van der Waals surface area (Å²) in [5, 5.41) is 7.56. The maximum atomic E-state index is 13.7. The van der Waals surface area contributed by atoms with E-state index >= 15 is 0 Å². The number of methoxy groups -OCH3 is 2. The third-order valence-electron chi connectivity index (χ3n) is 11.1. The first-order chi connectivity index (χ1) is 27.0. The van der Waals surface area contributed by atoms with Gasteiger partial charge in [0.1, 0.15) is 23.7 Å². The van der Waals surface area contributed by atoms with Gasteiger partial charge in [0.25, 0.3) is 0 Å². The van der Waals surface area contributed by atoms with Gasteiger partial charge in [0.15, 0.2) is 0 Å². The van der Waals surface area contributed by atoms with Crippen LogP contribution in [0, 0.1) is 11.8 Å². The van der Waals surface area contributed by atoms with Crippen LogP contribution in [-0.2, 0) is 19.1 Å². The summed E-state index contributed by atoms with van der Waals surface area (Å²) in [7, 11) is 2.58. The lowest BCUT2D eigenvalue weighted by atomic mass is 9.96. The number of H-pyrrole nitrogens is 2. The molecule has 56 heavy (non-hydrogen) atoms. The van der Waals surface area contributed by atoms with Crippen LogP contribution in [0.5, 0.6) is 0 Å². The molecule has 4 heterocycles. The van der Waals surface area contributed by atoms with Gasteiger partial charge in [0.05, 0.1) is 49.2 Å². The van der Waals surface area contributed by atoms with Gasteiger partial charge in [-0.25, -0.2) is 19.6 Å². The lowest BCUT2D eigenvalue weighted by Crippen LogP contribution is -2.51. The molecule has 2 aliphatic rings. The van der Waals surface area contributed by atoms with Crippen molar-refractivity contribution in [1.82, 2.24) is 40.4 Å². The summed E-state index contributed by atoms with van der Waals surface area (Å²) in [6.07, 6.45) is 3.79. The van der Waals surface area contributed by atoms with Crippen LogP contribution in [0.25, 0.3) is 44.2 Å². The Kier molecular flexibility index (Phi) is 11.0. The van der Waals surface area contributed by atoms with Crippen LogP contribution in [0.3, 0.4) is 0 Å². The number of hydrogen-bond donors (Lipinski definition) is 4. The quantitative estimate of drug-likeness (QED) is 0.119. The van der Waals surface area contributed by atoms with Crippen molar-refractivity contribution >= 4 is 45.8 Å². The molecule has 0 radical (unpaired) electrons. The molecule has 0 unspecified atom stereocenters. The number of fused-ring (bicyclic) bond motifs is 2. The predicted molar refractivity (Wildman–Crippen MR) is 212 cm³/mol. The highest BCUT2D eigenvalue weighted by Gasteiger charge is 2.39. The third-order valence-corrected chi connectivity index (χ3v) is 11.1. The molecule has 2 saturated heterocycles. The zero-order chi connectivity index (χ0) is 39.7. The summed E-state index contributed by atoms with van der Waals surface area (Å²) in [4.78, 5) is 71.6. The van der Waals surface area contributed by atoms with Crippen LogP contribution in [0.4, 0.5) is 9.59 Å². The van der Waals surface area contributed by atoms with Gasteiger partial charge >= 0.3 is 12.2 Å². The first-order valence-corrected chi connectivity index (χ1v) is 19.3. The molecule has 7 rings (SSSR count). The molecular formula is C42H50N8O6. The van der Waals surface area contributed by atoms with Gasteiger partial charge in [0, 0.05) is 18.7 Å². The first kappa shape index (κ1) is 38.4. The number of carbonyl (C=O) groups excluding carboxylic acids is 4. The second-order valence-electron chi connectivity index (χ2n) is 15.4. The van der Waals surface area contributed by atoms with Crippen LogP contribution in [0.15, 0.2) is 60.8 Å². The van der Waals surface area contributed by atoms with Gasteiger partial charge in [-0.15, -0.1) is 0 Å². The van der Waals surface area contributed by atoms with Crippen molar-refractivity contribution in [3.8, 4) is 22.4 Å². The van der Waals surface area contributed by atoms with Crippen molar-refractivity contribution in [2.75, 3.05) is 27.3 Å². The van der Waals surface area contributed by atoms with E-state index in [1.54, 1.807) is 0 Å². The summed E-state index contributed by atoms with van der Waals surface area (Å²) in [5.41, 5.74) is 5.61. The second-order valence-corrected chi connectivity index (χ2v) is 15.4. The van der Waals surface area contributed by atoms with Gasteiger partial charge in [-0.1, -0.05) is 64.1 Å². The lowest BCUT2D eigenvalue weighted by molar-refractivity contribution is -0.136. The Hall–Kier alpha value is -5.92. The number of nitrogens with zero attached hydrogens (tertiary/aromatic N) is 4. The van der Waals surface area contributed by atoms with Crippen molar-refractivity contribution in [1.29, 1.82) is 0 Å². The average molecular weight is 763 g/mol. The standard InChI is InChI=1S/C42H50N8O6/c1-23(2)35(47-41(53)55-5)39(51)49-18-8-12-33(49)37-43-22-32(46-37)27-14-16-29-25(20-27)10-7-11-28(29)26-15-17-30-31(21-26)45-38(44-30)34-13-9-19-50(34)40(52)36(24(3)4)48-42(54)56-6/h7,10-11,14-17,20-24,33-36H,8-9,12-13,18-19H2,1-6H3,(H,43,46)(H,44,45)(H,47,53)(H,48,54)/t33-,34-,35-,36-/m0/s1. The molecule has 0 bridgehead atoms. The van der Waals surface area contributed by atoms with E-state index in [0.29, 0.717) is 13.1 Å². The van der Waals surface area contributed by atoms with Crippen LogP contribution >= 0.6 is 0 Å². The molecule has 0 spiro atoms. The molecule has 3 aromatic carbocycles. The molecule has 4 amide bonds. The fourth-order valence-electron chi connectivity index (χ4n) is 8.09. The van der Waals surface area contributed by atoms with Gasteiger partial charge in [-0.3, -0.25) is 9.59 Å². The number of nitrogens with one attached hydrogen (secondary N) is 4. The Morgan fingerprint density at radius 2 is 1.36 bits per heavy atom. The number of imidazole rings is 2. The SMILES string of the molecule is COC(=O)N[C@H](C(=O)N1CCC[C@H]1c1ncc(-c2ccc3c(-c4ccc5[nH]c([C@@H]6CCCN6C(=O)[C@@H](NC(=O)OC)C(C)C)nc5c4)cccc3c2)[nH]1)C(C)C. The van der Waals surface area contributed by atoms with E-state index in [9.17, 15) is 19.2 Å². The first-order valence-electron chi connectivity index (χ1n) is 19.3. The molecule has 0 aliphatic carbocycles. The molecule has 2 aromatic heterocycles. The van der Waals surface area contributed by atoms with Crippen LogP contribution in [0.1, 0.15) is 77.1 Å². The minimum absolute atomic E-state index is 0.113. The topological polar surface area (TPSA) is 175 Å². The summed E-state index contributed by atoms with van der Waals surface area (Å²) in [6.45, 7) is 8.78. The number of aromatic amines is 2. The van der Waals surface area contributed by atoms with Crippen LogP contribution in [0.2, 0.25) is 0 Å². The Morgan fingerprint density at radius 3 is 1.96 bits per heavy atom. The minimum Gasteiger partial charge on any atom is -0.453 e. The van der Waals surface area contributed by atoms with Gasteiger partial charge in [-0.05, 0) is 77.6 Å². The number of hydrogen-bond acceptors (Lipinski definition) is 8. The van der Waals surface area contributed by atoms with Gasteiger partial charge < -0.3 is 39.9 Å². The third kappa shape index (κ3) is 7.52. The highest BCUT2D eigenvalue weighted by molar-refractivity contribution is 6.00. The number of aromatic nitrogens is 4. The zero-order valence-electron chi connectivity index (χ0n) is 32.7. The van der Waals surface area contributed by atoms with Crippen molar-refractivity contribution in [2.45, 2.75) is 77.5 Å². The van der Waals surface area contributed by atoms with Crippen molar-refractivity contribution < 1.29 is 28.7 Å². The molecule has 0 saturated carbocycles. The smallest absolute Gasteiger partial charge is 0.407 e. The molecule has 4 atom stereocenters. The summed E-state index contributed by atoms with van der Waals surface area (Å²) < 4.78 is 9.55. The molecular weight excluding hydrogens is 713 g/mol. The largest absolute Gasteiger partial charge is 0.453 e. The van der Waals surface area contributed by atoms with Crippen LogP contribution in [-0.4, -0.2) is 93.1 Å². The Balaban J connectivity index is 1.11. The lowest BCUT2D eigenvalue weighted by Gasteiger charge is -2.30. The Bertz CT molecular complexity index is 2260. The minimum atomic E-state index is -0.699. The van der Waals surface area contributed by atoms with E-state index in [4.69, 9.17) is 19.4 Å². The van der Waals surface area contributed by atoms with Crippen molar-refractivity contribution in [3.05, 3.63) is 72.4 Å². The predicted octanol–water partition coefficient (Wildman–Crippen LogP) is 6.86. The average Bonchev–Trinajstić information content (AvgIpc) is 4.03. The van der Waals surface area contributed by atoms with E-state index in [0.717, 1.165) is 81.5 Å². The highest BCUT2D eigenvalue weighted by atomic mass is 16.5. The van der Waals surface area contributed by atoms with Crippen molar-refractivity contribution in [2.24, 2.45) is 11.8 Å². The molecule has 14 nitrogen and oxygen atoms in total. The molecule has 2 fully saturated rings. The van der Waals surface area contributed by atoms with Crippen molar-refractivity contribution in [3.63, 3.8) is 0 Å².